The molecule has 6 heteroatoms. The van der Waals surface area contributed by atoms with Crippen molar-refractivity contribution >= 4 is 81.0 Å². The smallest absolute Gasteiger partial charge is 0.391 e. The van der Waals surface area contributed by atoms with Gasteiger partial charge in [-0.2, -0.15) is 0 Å². The van der Waals surface area contributed by atoms with E-state index < -0.39 is 17.1 Å². The minimum absolute atomic E-state index is 0.874. The van der Waals surface area contributed by atoms with Gasteiger partial charge in [-0.3, -0.25) is 0 Å². The van der Waals surface area contributed by atoms with E-state index in [-0.39, 0.29) is 0 Å². The molecule has 0 amide bonds. The molecule has 8 aromatic rings. The summed E-state index contributed by atoms with van der Waals surface area (Å²) in [7, 11) is 0.855. The van der Waals surface area contributed by atoms with E-state index in [1.807, 2.05) is 28.4 Å². The number of fused-ring (bicyclic) bond motifs is 8. The first-order chi connectivity index (χ1) is 47.2. The molecule has 0 atom stereocenters. The first-order valence-electron chi connectivity index (χ1n) is 33.5. The van der Waals surface area contributed by atoms with Gasteiger partial charge in [0.15, 0.2) is 0 Å². The normalized spacial score (nSPS) is 12.0. The quantitative estimate of drug-likeness (QED) is 0.102. The number of benzene rings is 8. The minimum atomic E-state index is -3.28. The van der Waals surface area contributed by atoms with Crippen LogP contribution in [0.3, 0.4) is 0 Å². The van der Waals surface area contributed by atoms with Gasteiger partial charge in [0.05, 0.1) is 0 Å². The Morgan fingerprint density at radius 1 is 0.219 bits per heavy atom. The van der Waals surface area contributed by atoms with Crippen molar-refractivity contribution in [1.82, 2.24) is 0 Å². The molecule has 468 valence electrons. The lowest BCUT2D eigenvalue weighted by molar-refractivity contribution is 0.272. The third kappa shape index (κ3) is 10.2. The van der Waals surface area contributed by atoms with E-state index in [0.29, 0.717) is 0 Å². The van der Waals surface area contributed by atoms with Crippen LogP contribution in [0.1, 0.15) is 36.1 Å². The molecule has 0 saturated heterocycles. The largest absolute Gasteiger partial charge is 0.408 e. The summed E-state index contributed by atoms with van der Waals surface area (Å²) in [6, 6.07) is 106. The molecule has 0 aromatic heterocycles. The van der Waals surface area contributed by atoms with Gasteiger partial charge in [0.2, 0.25) is 0 Å². The summed E-state index contributed by atoms with van der Waals surface area (Å²) in [5.41, 5.74) is 24.4. The fourth-order valence-electron chi connectivity index (χ4n) is 16.1. The Hall–Kier alpha value is -10.1. The maximum atomic E-state index is 6.89. The van der Waals surface area contributed by atoms with E-state index in [4.69, 9.17) is 17.7 Å². The Labute approximate surface area is 566 Å². The van der Waals surface area contributed by atoms with Gasteiger partial charge < -0.3 is 17.7 Å². The standard InChI is InChI=1S/C46H40O2Si.C44H36O2Si/c1-5-31-29-43-39(37-27-15-19-33-17-7-9-21-35(33)37)23-11-13-25-41(43)45(31)49(47-3,48-4)46-32(6-2)30-44-40(24-12-14-26-42(44)46)38-28-16-20-34-18-8-10-22-36(34)38;1-29-27-41-37(35-25-13-17-31-15-5-7-19-33(31)35)21-9-11-23-39(41)43(29)47(45-3,46-4)44-30(2)28-42-38(22-10-12-24-40(42)44)36-26-14-18-32-16-6-8-20-34(32)36/h7-30H,5-6H2,1-4H3;5-28H,1-4H3. The molecule has 0 heterocycles. The zero-order valence-electron chi connectivity index (χ0n) is 55.8. The van der Waals surface area contributed by atoms with Crippen molar-refractivity contribution in [3.05, 3.63) is 313 Å². The summed E-state index contributed by atoms with van der Waals surface area (Å²) in [4.78, 5) is 0. The highest BCUT2D eigenvalue weighted by molar-refractivity contribution is 6.96. The molecular formula is C90H76O4Si2. The van der Waals surface area contributed by atoms with Crippen molar-refractivity contribution in [2.24, 2.45) is 0 Å². The summed E-state index contributed by atoms with van der Waals surface area (Å²) in [5, 5.41) is 14.7. The van der Waals surface area contributed by atoms with E-state index >= 15 is 0 Å². The highest BCUT2D eigenvalue weighted by Gasteiger charge is 2.51. The second-order valence-corrected chi connectivity index (χ2v) is 31.3. The summed E-state index contributed by atoms with van der Waals surface area (Å²) in [6.45, 7) is 8.93. The van der Waals surface area contributed by atoms with Crippen molar-refractivity contribution in [1.29, 1.82) is 0 Å². The first kappa shape index (κ1) is 62.0. The Bertz CT molecular complexity index is 5090. The number of hydrogen-bond donors (Lipinski definition) is 0. The summed E-state index contributed by atoms with van der Waals surface area (Å²) >= 11 is 0. The Balaban J connectivity index is 0.000000158. The van der Waals surface area contributed by atoms with Gasteiger partial charge in [0.1, 0.15) is 0 Å². The highest BCUT2D eigenvalue weighted by Crippen LogP contribution is 2.45. The van der Waals surface area contributed by atoms with E-state index in [1.54, 1.807) is 0 Å². The number of hydrogen-bond acceptors (Lipinski definition) is 4. The van der Waals surface area contributed by atoms with Crippen molar-refractivity contribution in [3.8, 4) is 89.0 Å². The van der Waals surface area contributed by atoms with Crippen LogP contribution in [0.5, 0.6) is 0 Å². The van der Waals surface area contributed by atoms with Crippen LogP contribution < -0.4 is 20.7 Å². The highest BCUT2D eigenvalue weighted by atomic mass is 28.4. The number of aryl methyl sites for hydroxylation is 4. The van der Waals surface area contributed by atoms with E-state index in [0.717, 1.165) is 12.8 Å². The molecule has 96 heavy (non-hydrogen) atoms. The van der Waals surface area contributed by atoms with Gasteiger partial charge in [-0.1, -0.05) is 305 Å². The molecule has 0 bridgehead atoms. The van der Waals surface area contributed by atoms with Gasteiger partial charge >= 0.3 is 17.1 Å². The van der Waals surface area contributed by atoms with Crippen molar-refractivity contribution in [2.75, 3.05) is 28.4 Å². The molecule has 4 nitrogen and oxygen atoms in total. The molecule has 0 radical (unpaired) electrons. The van der Waals surface area contributed by atoms with E-state index in [1.165, 1.54) is 175 Å². The van der Waals surface area contributed by atoms with Crippen molar-refractivity contribution in [2.45, 2.75) is 40.5 Å². The topological polar surface area (TPSA) is 36.9 Å². The third-order valence-corrected chi connectivity index (χ3v) is 27.7. The molecular weight excluding hydrogens is 1200 g/mol. The van der Waals surface area contributed by atoms with Crippen LogP contribution in [0.2, 0.25) is 0 Å². The van der Waals surface area contributed by atoms with Gasteiger partial charge in [-0.05, 0) is 181 Å². The van der Waals surface area contributed by atoms with Crippen LogP contribution in [0.25, 0.3) is 132 Å². The summed E-state index contributed by atoms with van der Waals surface area (Å²) in [5.74, 6) is 0. The molecule has 0 N–H and O–H groups in total. The monoisotopic (exact) mass is 1280 g/mol. The van der Waals surface area contributed by atoms with Crippen molar-refractivity contribution < 1.29 is 17.7 Å². The second-order valence-electron chi connectivity index (χ2n) is 25.2. The molecule has 0 fully saturated rings. The molecule has 8 aliphatic rings. The van der Waals surface area contributed by atoms with Crippen LogP contribution in [0, 0.1) is 13.8 Å². The first-order valence-corrected chi connectivity index (χ1v) is 37.1. The van der Waals surface area contributed by atoms with Gasteiger partial charge in [0, 0.05) is 49.2 Å². The van der Waals surface area contributed by atoms with Gasteiger partial charge in [-0.15, -0.1) is 0 Å². The predicted molar refractivity (Wildman–Crippen MR) is 410 cm³/mol. The lowest BCUT2D eigenvalue weighted by Crippen LogP contribution is -2.64. The average molecular weight is 1280 g/mol. The van der Waals surface area contributed by atoms with Gasteiger partial charge in [-0.25, -0.2) is 0 Å². The Morgan fingerprint density at radius 3 is 0.698 bits per heavy atom. The summed E-state index contributed by atoms with van der Waals surface area (Å²) < 4.78 is 27.3. The lowest BCUT2D eigenvalue weighted by atomic mass is 9.95. The van der Waals surface area contributed by atoms with Crippen LogP contribution >= 0.6 is 0 Å². The lowest BCUT2D eigenvalue weighted by Gasteiger charge is -2.31. The predicted octanol–water partition coefficient (Wildman–Crippen LogP) is 20.5. The fourth-order valence-corrected chi connectivity index (χ4v) is 23.4. The van der Waals surface area contributed by atoms with Crippen LogP contribution in [0.15, 0.2) is 291 Å². The fraction of sp³-hybridized carbons (Fsp3) is 0.111. The van der Waals surface area contributed by atoms with Crippen LogP contribution in [0.4, 0.5) is 0 Å². The summed E-state index contributed by atoms with van der Waals surface area (Å²) in [6.07, 6.45) is 1.75. The molecule has 16 rings (SSSR count). The zero-order valence-corrected chi connectivity index (χ0v) is 57.8. The maximum Gasteiger partial charge on any atom is 0.408 e. The van der Waals surface area contributed by atoms with Crippen LogP contribution in [-0.2, 0) is 30.5 Å². The third-order valence-electron chi connectivity index (χ3n) is 20.3. The molecule has 0 saturated carbocycles. The molecule has 8 aromatic carbocycles. The molecule has 0 unspecified atom stereocenters. The Morgan fingerprint density at radius 2 is 0.427 bits per heavy atom. The second kappa shape index (κ2) is 25.9. The molecule has 8 aliphatic carbocycles. The average Bonchev–Trinajstić information content (AvgIpc) is 1.57. The van der Waals surface area contributed by atoms with Crippen molar-refractivity contribution in [3.63, 3.8) is 0 Å². The SMILES string of the molecule is CCc1cc2c(-c3cccc4ccccc34)ccccc-2c1[Si](OC)(OC)c1c(CC)cc2c(-c3cccc4ccccc34)ccccc1-2.CO[Si](OC)(c1c(C)cc2c(-c3cccc4ccccc34)ccccc1-2)c1c(C)cc2c(-c3cccc4ccccc34)ccccc1-2. The van der Waals surface area contributed by atoms with Crippen LogP contribution in [-0.4, -0.2) is 45.6 Å². The Kier molecular flexibility index (Phi) is 16.7. The van der Waals surface area contributed by atoms with Gasteiger partial charge in [0.25, 0.3) is 0 Å². The van der Waals surface area contributed by atoms with E-state index in [9.17, 15) is 0 Å². The van der Waals surface area contributed by atoms with E-state index in [2.05, 4.69) is 319 Å². The minimum Gasteiger partial charge on any atom is -0.391 e. The zero-order chi connectivity index (χ0) is 65.7. The molecule has 0 spiro atoms. The maximum absolute atomic E-state index is 6.89. The molecule has 0 aliphatic heterocycles. The number of rotatable bonds is 14.